The summed E-state index contributed by atoms with van der Waals surface area (Å²) in [6, 6.07) is 0. The van der Waals surface area contributed by atoms with Crippen molar-refractivity contribution in [3.05, 3.63) is 0 Å². The van der Waals surface area contributed by atoms with Gasteiger partial charge in [-0.1, -0.05) is 196 Å². The summed E-state index contributed by atoms with van der Waals surface area (Å²) in [5.74, 6) is 0.704. The standard InChI is InChI=1S/C57H106O16/c1-41(2)31-25-19-13-7-10-16-22-28-34-47(59)67-38-44(70-49(61)36-30-24-18-12-9-15-21-27-33-43(5)6)39-69-57-55(73-56-54(66)52(64)50(62)45(37-58)71-56)53(65)51(63)46(72-57)40-68-48(60)35-29-23-17-11-8-14-20-26-32-42(3)4/h41-46,50-58,62-66H,7-40H2,1-6H3/t44-,45-,46-,50-,51-,52+,53+,54-,55-,56-,57+/m1/s1. The van der Waals surface area contributed by atoms with Crippen molar-refractivity contribution >= 4 is 17.9 Å². The lowest BCUT2D eigenvalue weighted by molar-refractivity contribution is -0.368. The summed E-state index contributed by atoms with van der Waals surface area (Å²) < 4.78 is 40.6. The van der Waals surface area contributed by atoms with Crippen molar-refractivity contribution in [2.75, 3.05) is 26.4 Å². The fourth-order valence-corrected chi connectivity index (χ4v) is 9.37. The molecule has 0 spiro atoms. The first-order valence-corrected chi connectivity index (χ1v) is 29.1. The lowest BCUT2D eigenvalue weighted by atomic mass is 9.97. The van der Waals surface area contributed by atoms with Crippen LogP contribution in [0.3, 0.4) is 0 Å². The van der Waals surface area contributed by atoms with Crippen LogP contribution in [0.1, 0.15) is 234 Å². The highest BCUT2D eigenvalue weighted by molar-refractivity contribution is 5.70. The van der Waals surface area contributed by atoms with Crippen LogP contribution in [0.15, 0.2) is 0 Å². The van der Waals surface area contributed by atoms with Crippen molar-refractivity contribution in [2.24, 2.45) is 17.8 Å². The Morgan fingerprint density at radius 1 is 0.425 bits per heavy atom. The molecule has 430 valence electrons. The van der Waals surface area contributed by atoms with Crippen molar-refractivity contribution < 1.29 is 78.2 Å². The second kappa shape index (κ2) is 41.2. The molecule has 6 N–H and O–H groups in total. The topological polar surface area (TPSA) is 237 Å². The first-order chi connectivity index (χ1) is 35.0. The quantitative estimate of drug-likeness (QED) is 0.0189. The summed E-state index contributed by atoms with van der Waals surface area (Å²) in [5.41, 5.74) is 0. The number of ether oxygens (including phenoxy) is 7. The number of aliphatic hydroxyl groups excluding tert-OH is 6. The van der Waals surface area contributed by atoms with E-state index < -0.39 is 105 Å². The Bertz CT molecular complexity index is 1380. The van der Waals surface area contributed by atoms with Gasteiger partial charge >= 0.3 is 17.9 Å². The van der Waals surface area contributed by atoms with Gasteiger partial charge in [-0.2, -0.15) is 0 Å². The number of hydrogen-bond acceptors (Lipinski definition) is 16. The van der Waals surface area contributed by atoms with Crippen LogP contribution >= 0.6 is 0 Å². The summed E-state index contributed by atoms with van der Waals surface area (Å²) in [4.78, 5) is 39.1. The van der Waals surface area contributed by atoms with Crippen LogP contribution in [-0.4, -0.2) is 142 Å². The average molecular weight is 1050 g/mol. The van der Waals surface area contributed by atoms with Gasteiger partial charge in [0, 0.05) is 19.3 Å². The molecule has 2 heterocycles. The first kappa shape index (κ1) is 67.1. The SMILES string of the molecule is CC(C)CCCCCCCCCCC(=O)OC[C@H](CO[C@H]1O[C@H](COC(=O)CCCCCCCCCCC(C)C)[C@@H](O)[C@H](O)[C@H]1O[C@H]1O[C@H](CO)[C@@H](O)[C@H](O)[C@H]1O)OC(=O)CCCCCCCCCCC(C)C. The number of hydrogen-bond donors (Lipinski definition) is 6. The van der Waals surface area contributed by atoms with Gasteiger partial charge in [0.15, 0.2) is 18.7 Å². The lowest BCUT2D eigenvalue weighted by Gasteiger charge is -2.46. The fraction of sp³-hybridized carbons (Fsp3) is 0.947. The number of esters is 3. The van der Waals surface area contributed by atoms with Crippen LogP contribution in [-0.2, 0) is 47.5 Å². The third-order valence-electron chi connectivity index (χ3n) is 14.1. The Kier molecular flexibility index (Phi) is 37.8. The molecular formula is C57H106O16. The predicted octanol–water partition coefficient (Wildman–Crippen LogP) is 9.30. The maximum Gasteiger partial charge on any atom is 0.306 e. The second-order valence-corrected chi connectivity index (χ2v) is 22.4. The van der Waals surface area contributed by atoms with E-state index in [1.54, 1.807) is 0 Å². The molecule has 2 aliphatic rings. The molecule has 0 aromatic carbocycles. The molecule has 0 saturated carbocycles. The summed E-state index contributed by atoms with van der Waals surface area (Å²) >= 11 is 0. The Labute approximate surface area is 440 Å². The van der Waals surface area contributed by atoms with Gasteiger partial charge in [-0.25, -0.2) is 0 Å². The van der Waals surface area contributed by atoms with Gasteiger partial charge in [0.1, 0.15) is 62.0 Å². The molecule has 2 fully saturated rings. The smallest absolute Gasteiger partial charge is 0.306 e. The Morgan fingerprint density at radius 3 is 1.25 bits per heavy atom. The van der Waals surface area contributed by atoms with Crippen LogP contribution in [0.25, 0.3) is 0 Å². The normalized spacial score (nSPS) is 24.9. The van der Waals surface area contributed by atoms with Gasteiger partial charge in [-0.3, -0.25) is 14.4 Å². The van der Waals surface area contributed by atoms with Gasteiger partial charge in [0.2, 0.25) is 0 Å². The maximum absolute atomic E-state index is 13.3. The third kappa shape index (κ3) is 31.1. The molecule has 0 aliphatic carbocycles. The van der Waals surface area contributed by atoms with Crippen LogP contribution in [0.2, 0.25) is 0 Å². The molecule has 0 amide bonds. The van der Waals surface area contributed by atoms with Crippen LogP contribution in [0, 0.1) is 17.8 Å². The molecule has 0 aromatic heterocycles. The molecule has 11 atom stereocenters. The number of carbonyl (C=O) groups excluding carboxylic acids is 3. The van der Waals surface area contributed by atoms with E-state index in [4.69, 9.17) is 33.2 Å². The molecule has 0 unspecified atom stereocenters. The Morgan fingerprint density at radius 2 is 0.808 bits per heavy atom. The van der Waals surface area contributed by atoms with Crippen molar-refractivity contribution in [3.63, 3.8) is 0 Å². The highest BCUT2D eigenvalue weighted by Gasteiger charge is 2.51. The van der Waals surface area contributed by atoms with E-state index in [1.807, 2.05) is 0 Å². The van der Waals surface area contributed by atoms with Crippen molar-refractivity contribution in [2.45, 2.75) is 302 Å². The molecule has 73 heavy (non-hydrogen) atoms. The van der Waals surface area contributed by atoms with Gasteiger partial charge in [-0.15, -0.1) is 0 Å². The minimum atomic E-state index is -1.86. The zero-order valence-electron chi connectivity index (χ0n) is 46.4. The van der Waals surface area contributed by atoms with E-state index in [2.05, 4.69) is 41.5 Å². The number of carbonyl (C=O) groups is 3. The zero-order chi connectivity index (χ0) is 53.8. The van der Waals surface area contributed by atoms with E-state index in [0.29, 0.717) is 19.3 Å². The summed E-state index contributed by atoms with van der Waals surface area (Å²) in [6.07, 6.45) is 12.0. The Balaban J connectivity index is 2.08. The average Bonchev–Trinajstić information content (AvgIpc) is 3.35. The molecule has 16 heteroatoms. The second-order valence-electron chi connectivity index (χ2n) is 22.4. The van der Waals surface area contributed by atoms with Crippen LogP contribution < -0.4 is 0 Å². The summed E-state index contributed by atoms with van der Waals surface area (Å²) in [5, 5.41) is 64.3. The Hall–Kier alpha value is -1.99. The number of rotatable bonds is 44. The number of aliphatic hydroxyl groups is 6. The first-order valence-electron chi connectivity index (χ1n) is 29.1. The van der Waals surface area contributed by atoms with Crippen molar-refractivity contribution in [1.29, 1.82) is 0 Å². The lowest BCUT2D eigenvalue weighted by Crippen LogP contribution is -2.65. The van der Waals surface area contributed by atoms with Crippen LogP contribution in [0.5, 0.6) is 0 Å². The minimum absolute atomic E-state index is 0.135. The third-order valence-corrected chi connectivity index (χ3v) is 14.1. The van der Waals surface area contributed by atoms with Crippen molar-refractivity contribution in [3.8, 4) is 0 Å². The monoisotopic (exact) mass is 1050 g/mol. The van der Waals surface area contributed by atoms with E-state index in [9.17, 15) is 45.0 Å². The molecule has 2 saturated heterocycles. The molecule has 0 bridgehead atoms. The molecule has 16 nitrogen and oxygen atoms in total. The van der Waals surface area contributed by atoms with E-state index in [0.717, 1.165) is 82.0 Å². The van der Waals surface area contributed by atoms with E-state index in [1.165, 1.54) is 89.9 Å². The molecule has 2 aliphatic heterocycles. The minimum Gasteiger partial charge on any atom is -0.463 e. The predicted molar refractivity (Wildman–Crippen MR) is 280 cm³/mol. The van der Waals surface area contributed by atoms with Gasteiger partial charge in [-0.05, 0) is 37.0 Å². The van der Waals surface area contributed by atoms with E-state index >= 15 is 0 Å². The van der Waals surface area contributed by atoms with Crippen molar-refractivity contribution in [1.82, 2.24) is 0 Å². The van der Waals surface area contributed by atoms with E-state index in [-0.39, 0.29) is 25.9 Å². The summed E-state index contributed by atoms with van der Waals surface area (Å²) in [7, 11) is 0. The molecular weight excluding hydrogens is 941 g/mol. The largest absolute Gasteiger partial charge is 0.463 e. The van der Waals surface area contributed by atoms with Gasteiger partial charge in [0.05, 0.1) is 13.2 Å². The van der Waals surface area contributed by atoms with Crippen LogP contribution in [0.4, 0.5) is 0 Å². The molecule has 2 rings (SSSR count). The highest BCUT2D eigenvalue weighted by atomic mass is 16.8. The fourth-order valence-electron chi connectivity index (χ4n) is 9.37. The molecule has 0 radical (unpaired) electrons. The number of unbranched alkanes of at least 4 members (excludes halogenated alkanes) is 21. The highest BCUT2D eigenvalue weighted by Crippen LogP contribution is 2.31. The van der Waals surface area contributed by atoms with Gasteiger partial charge < -0.3 is 63.8 Å². The zero-order valence-corrected chi connectivity index (χ0v) is 46.4. The molecule has 0 aromatic rings. The summed E-state index contributed by atoms with van der Waals surface area (Å²) in [6.45, 7) is 11.5. The maximum atomic E-state index is 13.3. The van der Waals surface area contributed by atoms with Gasteiger partial charge in [0.25, 0.3) is 0 Å².